The molecule has 2 aromatic rings. The van der Waals surface area contributed by atoms with Gasteiger partial charge < -0.3 is 5.32 Å². The Morgan fingerprint density at radius 2 is 1.89 bits per heavy atom. The zero-order valence-electron chi connectivity index (χ0n) is 10.4. The molecule has 0 fully saturated rings. The number of rotatable bonds is 3. The molecule has 2 nitrogen and oxygen atoms in total. The first kappa shape index (κ1) is 12.3. The fourth-order valence-electron chi connectivity index (χ4n) is 1.84. The highest BCUT2D eigenvalue weighted by atomic mass is 19.1. The number of anilines is 1. The van der Waals surface area contributed by atoms with Gasteiger partial charge in [-0.25, -0.2) is 4.39 Å². The van der Waals surface area contributed by atoms with Gasteiger partial charge >= 0.3 is 0 Å². The smallest absolute Gasteiger partial charge is 0.148 e. The van der Waals surface area contributed by atoms with Crippen LogP contribution < -0.4 is 5.32 Å². The largest absolute Gasteiger partial charge is 0.387 e. The van der Waals surface area contributed by atoms with Crippen molar-refractivity contribution < 1.29 is 4.39 Å². The summed E-state index contributed by atoms with van der Waals surface area (Å²) in [6, 6.07) is 12.4. The molecular weight excluding hydrogens is 227 g/mol. The molecule has 0 radical (unpaired) electrons. The Labute approximate surface area is 106 Å². The van der Waals surface area contributed by atoms with E-state index >= 15 is 0 Å². The lowest BCUT2D eigenvalue weighted by Gasteiger charge is -2.08. The zero-order chi connectivity index (χ0) is 13.0. The third-order valence-electron chi connectivity index (χ3n) is 2.75. The van der Waals surface area contributed by atoms with E-state index in [4.69, 9.17) is 0 Å². The third kappa shape index (κ3) is 2.56. The quantitative estimate of drug-likeness (QED) is 0.810. The van der Waals surface area contributed by atoms with Crippen molar-refractivity contribution in [3.63, 3.8) is 0 Å². The molecule has 0 aromatic heterocycles. The van der Waals surface area contributed by atoms with E-state index in [1.807, 2.05) is 32.2 Å². The van der Waals surface area contributed by atoms with Crippen LogP contribution in [0.4, 0.5) is 15.8 Å². The van der Waals surface area contributed by atoms with Crippen molar-refractivity contribution in [2.45, 2.75) is 6.92 Å². The minimum absolute atomic E-state index is 0.313. The monoisotopic (exact) mass is 242 g/mol. The van der Waals surface area contributed by atoms with Crippen LogP contribution >= 0.6 is 0 Å². The summed E-state index contributed by atoms with van der Waals surface area (Å²) in [6.45, 7) is 2.02. The minimum atomic E-state index is -0.313. The molecule has 2 rings (SSSR count). The van der Waals surface area contributed by atoms with Gasteiger partial charge in [0.1, 0.15) is 5.82 Å². The van der Waals surface area contributed by atoms with Crippen LogP contribution in [0.15, 0.2) is 47.5 Å². The predicted molar refractivity (Wildman–Crippen MR) is 74.4 cm³/mol. The molecule has 0 aliphatic carbocycles. The fourth-order valence-corrected chi connectivity index (χ4v) is 1.84. The molecule has 0 bridgehead atoms. The lowest BCUT2D eigenvalue weighted by Crippen LogP contribution is -1.97. The normalized spacial score (nSPS) is 10.8. The van der Waals surface area contributed by atoms with Crippen LogP contribution in [-0.4, -0.2) is 13.3 Å². The van der Waals surface area contributed by atoms with Crippen LogP contribution in [0.2, 0.25) is 0 Å². The number of hydrogen-bond donors (Lipinski definition) is 1. The molecule has 0 amide bonds. The zero-order valence-corrected chi connectivity index (χ0v) is 10.4. The van der Waals surface area contributed by atoms with E-state index in [9.17, 15) is 4.39 Å². The van der Waals surface area contributed by atoms with E-state index in [-0.39, 0.29) is 5.82 Å². The highest BCUT2D eigenvalue weighted by Crippen LogP contribution is 2.20. The first-order chi connectivity index (χ1) is 8.72. The number of nitrogens with zero attached hydrogens (tertiary/aromatic N) is 1. The second-order valence-electron chi connectivity index (χ2n) is 4.00. The number of hydrogen-bond acceptors (Lipinski definition) is 2. The topological polar surface area (TPSA) is 24.4 Å². The summed E-state index contributed by atoms with van der Waals surface area (Å²) in [4.78, 5) is 4.19. The summed E-state index contributed by atoms with van der Waals surface area (Å²) >= 11 is 0. The van der Waals surface area contributed by atoms with E-state index < -0.39 is 0 Å². The van der Waals surface area contributed by atoms with Crippen LogP contribution in [-0.2, 0) is 0 Å². The van der Waals surface area contributed by atoms with Gasteiger partial charge in [0.15, 0.2) is 0 Å². The van der Waals surface area contributed by atoms with Gasteiger partial charge in [0.2, 0.25) is 0 Å². The number of aliphatic imine (C=N–C) groups is 1. The van der Waals surface area contributed by atoms with Gasteiger partial charge in [-0.05, 0) is 24.6 Å². The van der Waals surface area contributed by atoms with E-state index in [0.29, 0.717) is 5.69 Å². The number of halogens is 1. The van der Waals surface area contributed by atoms with Crippen LogP contribution in [0.25, 0.3) is 0 Å². The van der Waals surface area contributed by atoms with Crippen LogP contribution in [0.3, 0.4) is 0 Å². The molecule has 0 spiro atoms. The SMILES string of the molecule is CNc1c(C)cccc1C=Nc1ccccc1F. The van der Waals surface area contributed by atoms with E-state index in [1.54, 1.807) is 24.4 Å². The summed E-state index contributed by atoms with van der Waals surface area (Å²) in [5.41, 5.74) is 3.44. The summed E-state index contributed by atoms with van der Waals surface area (Å²) in [7, 11) is 1.86. The Bertz CT molecular complexity index is 576. The Kier molecular flexibility index (Phi) is 3.72. The molecule has 0 saturated heterocycles. The summed E-state index contributed by atoms with van der Waals surface area (Å²) in [6.07, 6.45) is 1.68. The first-order valence-corrected chi connectivity index (χ1v) is 5.78. The average Bonchev–Trinajstić information content (AvgIpc) is 2.38. The van der Waals surface area contributed by atoms with Gasteiger partial charge in [0.25, 0.3) is 0 Å². The van der Waals surface area contributed by atoms with Crippen molar-refractivity contribution >= 4 is 17.6 Å². The van der Waals surface area contributed by atoms with Crippen molar-refractivity contribution in [3.05, 3.63) is 59.4 Å². The first-order valence-electron chi connectivity index (χ1n) is 5.78. The van der Waals surface area contributed by atoms with Crippen molar-refractivity contribution in [2.75, 3.05) is 12.4 Å². The molecule has 92 valence electrons. The minimum Gasteiger partial charge on any atom is -0.387 e. The highest BCUT2D eigenvalue weighted by Gasteiger charge is 2.02. The Hall–Kier alpha value is -2.16. The molecule has 18 heavy (non-hydrogen) atoms. The van der Waals surface area contributed by atoms with Crippen molar-refractivity contribution in [3.8, 4) is 0 Å². The standard InChI is InChI=1S/C15H15FN2/c1-11-6-5-7-12(15(11)17-2)10-18-14-9-4-3-8-13(14)16/h3-10,17H,1-2H3. The molecule has 1 N–H and O–H groups in total. The molecule has 0 aliphatic heterocycles. The molecule has 3 heteroatoms. The lowest BCUT2D eigenvalue weighted by atomic mass is 10.1. The van der Waals surface area contributed by atoms with Crippen molar-refractivity contribution in [1.29, 1.82) is 0 Å². The maximum absolute atomic E-state index is 13.4. The van der Waals surface area contributed by atoms with Gasteiger partial charge in [0, 0.05) is 24.5 Å². The number of aryl methyl sites for hydroxylation is 1. The second kappa shape index (κ2) is 5.45. The molecule has 0 unspecified atom stereocenters. The molecule has 2 aromatic carbocycles. The summed E-state index contributed by atoms with van der Waals surface area (Å²) < 4.78 is 13.4. The molecule has 0 saturated carbocycles. The van der Waals surface area contributed by atoms with Crippen molar-refractivity contribution in [2.24, 2.45) is 4.99 Å². The summed E-state index contributed by atoms with van der Waals surface area (Å²) in [5, 5.41) is 3.13. The van der Waals surface area contributed by atoms with Gasteiger partial charge in [-0.1, -0.05) is 30.3 Å². The summed E-state index contributed by atoms with van der Waals surface area (Å²) in [5.74, 6) is -0.313. The second-order valence-corrected chi connectivity index (χ2v) is 4.00. The van der Waals surface area contributed by atoms with E-state index in [1.165, 1.54) is 6.07 Å². The van der Waals surface area contributed by atoms with Crippen LogP contribution in [0.1, 0.15) is 11.1 Å². The molecule has 0 atom stereocenters. The molecule has 0 aliphatic rings. The third-order valence-corrected chi connectivity index (χ3v) is 2.75. The lowest BCUT2D eigenvalue weighted by molar-refractivity contribution is 0.630. The average molecular weight is 242 g/mol. The van der Waals surface area contributed by atoms with Crippen molar-refractivity contribution in [1.82, 2.24) is 0 Å². The van der Waals surface area contributed by atoms with Gasteiger partial charge in [-0.3, -0.25) is 4.99 Å². The van der Waals surface area contributed by atoms with Gasteiger partial charge in [0.05, 0.1) is 5.69 Å². The maximum Gasteiger partial charge on any atom is 0.148 e. The molecule has 0 heterocycles. The van der Waals surface area contributed by atoms with Crippen LogP contribution in [0.5, 0.6) is 0 Å². The van der Waals surface area contributed by atoms with E-state index in [0.717, 1.165) is 16.8 Å². The Balaban J connectivity index is 2.35. The number of benzene rings is 2. The molecular formula is C15H15FN2. The predicted octanol–water partition coefficient (Wildman–Crippen LogP) is 3.93. The Morgan fingerprint density at radius 3 is 2.61 bits per heavy atom. The Morgan fingerprint density at radius 1 is 1.11 bits per heavy atom. The van der Waals surface area contributed by atoms with E-state index in [2.05, 4.69) is 10.3 Å². The van der Waals surface area contributed by atoms with Gasteiger partial charge in [-0.2, -0.15) is 0 Å². The maximum atomic E-state index is 13.4. The fraction of sp³-hybridized carbons (Fsp3) is 0.133. The highest BCUT2D eigenvalue weighted by molar-refractivity contribution is 5.90. The van der Waals surface area contributed by atoms with Crippen LogP contribution in [0, 0.1) is 12.7 Å². The van der Waals surface area contributed by atoms with Gasteiger partial charge in [-0.15, -0.1) is 0 Å². The number of para-hydroxylation sites is 2. The number of nitrogens with one attached hydrogen (secondary N) is 1.